The number of hydrogen-bond donors (Lipinski definition) is 1. The highest BCUT2D eigenvalue weighted by atomic mass is 32.2. The van der Waals surface area contributed by atoms with E-state index in [0.29, 0.717) is 12.2 Å². The van der Waals surface area contributed by atoms with E-state index in [0.717, 1.165) is 18.4 Å². The van der Waals surface area contributed by atoms with E-state index in [1.54, 1.807) is 19.2 Å². The van der Waals surface area contributed by atoms with E-state index < -0.39 is 10.0 Å². The molecule has 0 spiro atoms. The van der Waals surface area contributed by atoms with Gasteiger partial charge in [-0.1, -0.05) is 12.1 Å². The minimum Gasteiger partial charge on any atom is -0.399 e. The summed E-state index contributed by atoms with van der Waals surface area (Å²) in [5.74, 6) is 0. The molecule has 88 valence electrons. The van der Waals surface area contributed by atoms with Crippen LogP contribution < -0.4 is 5.73 Å². The minimum atomic E-state index is -3.07. The maximum Gasteiger partial charge on any atom is 0.217 e. The molecule has 0 radical (unpaired) electrons. The molecule has 0 amide bonds. The van der Waals surface area contributed by atoms with Crippen LogP contribution in [0.4, 0.5) is 5.69 Å². The number of rotatable bonds is 4. The Morgan fingerprint density at radius 3 is 2.38 bits per heavy atom. The fourth-order valence-electron chi connectivity index (χ4n) is 1.59. The number of nitrogen functional groups attached to an aromatic ring is 1. The van der Waals surface area contributed by atoms with E-state index in [1.807, 2.05) is 12.1 Å². The molecule has 1 saturated carbocycles. The molecule has 0 bridgehead atoms. The van der Waals surface area contributed by atoms with Gasteiger partial charge in [-0.25, -0.2) is 12.7 Å². The van der Waals surface area contributed by atoms with Crippen molar-refractivity contribution in [3.63, 3.8) is 0 Å². The second kappa shape index (κ2) is 4.07. The van der Waals surface area contributed by atoms with Crippen LogP contribution in [-0.2, 0) is 16.6 Å². The van der Waals surface area contributed by atoms with Gasteiger partial charge in [0.05, 0.1) is 5.25 Å². The number of anilines is 1. The van der Waals surface area contributed by atoms with Crippen LogP contribution in [0, 0.1) is 0 Å². The van der Waals surface area contributed by atoms with Gasteiger partial charge in [-0.2, -0.15) is 0 Å². The molecule has 0 heterocycles. The molecule has 5 heteroatoms. The molecule has 2 N–H and O–H groups in total. The number of sulfonamides is 1. The van der Waals surface area contributed by atoms with Crippen LogP contribution >= 0.6 is 0 Å². The fourth-order valence-corrected chi connectivity index (χ4v) is 3.16. The number of nitrogens with zero attached hydrogens (tertiary/aromatic N) is 1. The first-order valence-electron chi connectivity index (χ1n) is 5.30. The van der Waals surface area contributed by atoms with E-state index in [4.69, 9.17) is 5.73 Å². The van der Waals surface area contributed by atoms with Crippen LogP contribution in [0.15, 0.2) is 24.3 Å². The predicted molar refractivity (Wildman–Crippen MR) is 64.3 cm³/mol. The molecule has 0 unspecified atom stereocenters. The SMILES string of the molecule is CN(Cc1ccc(N)cc1)S(=O)(=O)C1CC1. The third kappa shape index (κ3) is 2.36. The van der Waals surface area contributed by atoms with Crippen molar-refractivity contribution in [1.82, 2.24) is 4.31 Å². The quantitative estimate of drug-likeness (QED) is 0.804. The lowest BCUT2D eigenvalue weighted by Gasteiger charge is -2.16. The molecule has 0 aliphatic heterocycles. The second-order valence-electron chi connectivity index (χ2n) is 4.24. The van der Waals surface area contributed by atoms with E-state index in [9.17, 15) is 8.42 Å². The lowest BCUT2D eigenvalue weighted by Crippen LogP contribution is -2.29. The van der Waals surface area contributed by atoms with Crippen LogP contribution in [-0.4, -0.2) is 25.0 Å². The molecule has 1 fully saturated rings. The van der Waals surface area contributed by atoms with E-state index in [-0.39, 0.29) is 5.25 Å². The number of benzene rings is 1. The maximum absolute atomic E-state index is 11.9. The summed E-state index contributed by atoms with van der Waals surface area (Å²) in [5, 5.41) is -0.147. The third-order valence-electron chi connectivity index (χ3n) is 2.76. The zero-order chi connectivity index (χ0) is 11.8. The third-order valence-corrected chi connectivity index (χ3v) is 5.08. The first-order valence-corrected chi connectivity index (χ1v) is 6.80. The number of hydrogen-bond acceptors (Lipinski definition) is 3. The zero-order valence-corrected chi connectivity index (χ0v) is 10.1. The minimum absolute atomic E-state index is 0.147. The summed E-state index contributed by atoms with van der Waals surface area (Å²) in [5.41, 5.74) is 7.22. The Labute approximate surface area is 96.1 Å². The van der Waals surface area contributed by atoms with E-state index in [1.165, 1.54) is 4.31 Å². The summed E-state index contributed by atoms with van der Waals surface area (Å²) in [6.07, 6.45) is 1.60. The highest BCUT2D eigenvalue weighted by Crippen LogP contribution is 2.30. The molecule has 0 saturated heterocycles. The summed E-state index contributed by atoms with van der Waals surface area (Å²) in [6, 6.07) is 7.28. The molecular weight excluding hydrogens is 224 g/mol. The maximum atomic E-state index is 11.9. The van der Waals surface area contributed by atoms with E-state index >= 15 is 0 Å². The highest BCUT2D eigenvalue weighted by molar-refractivity contribution is 7.90. The first kappa shape index (κ1) is 11.4. The molecule has 16 heavy (non-hydrogen) atoms. The fraction of sp³-hybridized carbons (Fsp3) is 0.455. The Hall–Kier alpha value is -1.07. The molecule has 1 aliphatic carbocycles. The molecule has 1 aromatic rings. The average molecular weight is 240 g/mol. The first-order chi connectivity index (χ1) is 7.50. The normalized spacial score (nSPS) is 16.6. The molecule has 0 aromatic heterocycles. The smallest absolute Gasteiger partial charge is 0.217 e. The Morgan fingerprint density at radius 1 is 1.31 bits per heavy atom. The molecule has 4 nitrogen and oxygen atoms in total. The van der Waals surface area contributed by atoms with Crippen molar-refractivity contribution in [1.29, 1.82) is 0 Å². The van der Waals surface area contributed by atoms with Crippen LogP contribution in [0.2, 0.25) is 0 Å². The van der Waals surface area contributed by atoms with Gasteiger partial charge in [-0.3, -0.25) is 0 Å². The topological polar surface area (TPSA) is 63.4 Å². The lowest BCUT2D eigenvalue weighted by atomic mass is 10.2. The van der Waals surface area contributed by atoms with Crippen molar-refractivity contribution in [2.75, 3.05) is 12.8 Å². The van der Waals surface area contributed by atoms with Crippen molar-refractivity contribution in [3.8, 4) is 0 Å². The van der Waals surface area contributed by atoms with Crippen LogP contribution in [0.25, 0.3) is 0 Å². The average Bonchev–Trinajstić information content (AvgIpc) is 3.05. The summed E-state index contributed by atoms with van der Waals surface area (Å²) in [6.45, 7) is 0.416. The molecular formula is C11H16N2O2S. The van der Waals surface area contributed by atoms with Crippen molar-refractivity contribution in [3.05, 3.63) is 29.8 Å². The Morgan fingerprint density at radius 2 is 1.88 bits per heavy atom. The summed E-state index contributed by atoms with van der Waals surface area (Å²) in [7, 11) is -1.44. The van der Waals surface area contributed by atoms with Crippen LogP contribution in [0.3, 0.4) is 0 Å². The standard InChI is InChI=1S/C11H16N2O2S/c1-13(16(14,15)11-6-7-11)8-9-2-4-10(12)5-3-9/h2-5,11H,6-8,12H2,1H3. The molecule has 1 aromatic carbocycles. The van der Waals surface area contributed by atoms with Crippen LogP contribution in [0.5, 0.6) is 0 Å². The van der Waals surface area contributed by atoms with Crippen molar-refractivity contribution >= 4 is 15.7 Å². The van der Waals surface area contributed by atoms with Crippen molar-refractivity contribution < 1.29 is 8.42 Å². The largest absolute Gasteiger partial charge is 0.399 e. The van der Waals surface area contributed by atoms with Gasteiger partial charge in [0, 0.05) is 19.3 Å². The van der Waals surface area contributed by atoms with Gasteiger partial charge in [-0.05, 0) is 30.5 Å². The second-order valence-corrected chi connectivity index (χ2v) is 6.56. The van der Waals surface area contributed by atoms with Crippen LogP contribution in [0.1, 0.15) is 18.4 Å². The molecule has 2 rings (SSSR count). The van der Waals surface area contributed by atoms with Gasteiger partial charge in [0.2, 0.25) is 10.0 Å². The summed E-state index contributed by atoms with van der Waals surface area (Å²) < 4.78 is 25.2. The summed E-state index contributed by atoms with van der Waals surface area (Å²) in [4.78, 5) is 0. The van der Waals surface area contributed by atoms with Gasteiger partial charge >= 0.3 is 0 Å². The van der Waals surface area contributed by atoms with Crippen molar-refractivity contribution in [2.24, 2.45) is 0 Å². The Bertz CT molecular complexity index is 463. The Balaban J connectivity index is 2.07. The van der Waals surface area contributed by atoms with Crippen molar-refractivity contribution in [2.45, 2.75) is 24.6 Å². The van der Waals surface area contributed by atoms with Gasteiger partial charge in [-0.15, -0.1) is 0 Å². The predicted octanol–water partition coefficient (Wildman–Crippen LogP) is 1.19. The molecule has 1 aliphatic rings. The Kier molecular flexibility index (Phi) is 2.90. The highest BCUT2D eigenvalue weighted by Gasteiger charge is 2.38. The zero-order valence-electron chi connectivity index (χ0n) is 9.26. The van der Waals surface area contributed by atoms with Gasteiger partial charge in [0.15, 0.2) is 0 Å². The lowest BCUT2D eigenvalue weighted by molar-refractivity contribution is 0.465. The summed E-state index contributed by atoms with van der Waals surface area (Å²) >= 11 is 0. The van der Waals surface area contributed by atoms with Gasteiger partial charge in [0.1, 0.15) is 0 Å². The number of nitrogens with two attached hydrogens (primary N) is 1. The van der Waals surface area contributed by atoms with Gasteiger partial charge < -0.3 is 5.73 Å². The monoisotopic (exact) mass is 240 g/mol. The molecule has 0 atom stereocenters. The van der Waals surface area contributed by atoms with E-state index in [2.05, 4.69) is 0 Å². The van der Waals surface area contributed by atoms with Gasteiger partial charge in [0.25, 0.3) is 0 Å².